The van der Waals surface area contributed by atoms with E-state index in [0.29, 0.717) is 35.4 Å². The second-order valence-electron chi connectivity index (χ2n) is 16.7. The molecule has 1 heterocycles. The summed E-state index contributed by atoms with van der Waals surface area (Å²) >= 11 is 0. The van der Waals surface area contributed by atoms with Crippen LogP contribution in [-0.2, 0) is 19.1 Å². The molecule has 0 radical (unpaired) electrons. The van der Waals surface area contributed by atoms with Gasteiger partial charge < -0.3 is 9.47 Å². The molecule has 6 unspecified atom stereocenters. The maximum Gasteiger partial charge on any atom is 0.312 e. The molecule has 6 rings (SSSR count). The third-order valence-electron chi connectivity index (χ3n) is 13.9. The monoisotopic (exact) mass is 553 g/mol. The van der Waals surface area contributed by atoms with Crippen molar-refractivity contribution in [1.29, 1.82) is 0 Å². The van der Waals surface area contributed by atoms with Crippen LogP contribution in [0.15, 0.2) is 12.2 Å². The number of Topliss-reactive ketones (excluding diaryl/α,β-unsaturated/α-hetero) is 1. The van der Waals surface area contributed by atoms with Crippen molar-refractivity contribution in [1.82, 2.24) is 4.90 Å². The fourth-order valence-electron chi connectivity index (χ4n) is 12.0. The third kappa shape index (κ3) is 4.13. The highest BCUT2D eigenvalue weighted by atomic mass is 16.5. The molecule has 6 aliphatic rings. The van der Waals surface area contributed by atoms with Crippen LogP contribution in [-0.4, -0.2) is 56.6 Å². The number of fused-ring (bicyclic) bond motifs is 7. The number of carbonyl (C=O) groups excluding carboxylic acids is 2. The van der Waals surface area contributed by atoms with E-state index in [1.165, 1.54) is 6.42 Å². The highest BCUT2D eigenvalue weighted by Gasteiger charge is 2.67. The molecule has 0 amide bonds. The number of hydrogen-bond donors (Lipinski definition) is 0. The normalized spacial score (nSPS) is 47.8. The Morgan fingerprint density at radius 2 is 1.65 bits per heavy atom. The predicted octanol–water partition coefficient (Wildman–Crippen LogP) is 6.55. The zero-order valence-corrected chi connectivity index (χ0v) is 26.4. The molecule has 0 aromatic carbocycles. The Balaban J connectivity index is 1.35. The Bertz CT molecular complexity index is 1060. The quantitative estimate of drug-likeness (QED) is 0.293. The minimum Gasteiger partial charge on any atom is -0.469 e. The van der Waals surface area contributed by atoms with Crippen molar-refractivity contribution >= 4 is 11.8 Å². The van der Waals surface area contributed by atoms with Gasteiger partial charge in [-0.1, -0.05) is 53.7 Å². The third-order valence-corrected chi connectivity index (χ3v) is 13.9. The lowest BCUT2D eigenvalue weighted by atomic mass is 9.36. The Morgan fingerprint density at radius 3 is 2.35 bits per heavy atom. The largest absolute Gasteiger partial charge is 0.469 e. The van der Waals surface area contributed by atoms with Gasteiger partial charge >= 0.3 is 5.97 Å². The molecule has 0 bridgehead atoms. The molecule has 0 aromatic heterocycles. The van der Waals surface area contributed by atoms with Gasteiger partial charge in [-0.2, -0.15) is 0 Å². The van der Waals surface area contributed by atoms with Crippen LogP contribution < -0.4 is 0 Å². The summed E-state index contributed by atoms with van der Waals surface area (Å²) in [5, 5.41) is 0. The van der Waals surface area contributed by atoms with Crippen LogP contribution in [0.3, 0.4) is 0 Å². The molecule has 40 heavy (non-hydrogen) atoms. The fourth-order valence-corrected chi connectivity index (χ4v) is 12.0. The van der Waals surface area contributed by atoms with E-state index in [2.05, 4.69) is 58.6 Å². The Kier molecular flexibility index (Phi) is 6.98. The summed E-state index contributed by atoms with van der Waals surface area (Å²) in [4.78, 5) is 29.9. The summed E-state index contributed by atoms with van der Waals surface area (Å²) in [7, 11) is 1.59. The molecule has 224 valence electrons. The summed E-state index contributed by atoms with van der Waals surface area (Å²) in [5.74, 6) is 2.92. The van der Waals surface area contributed by atoms with Gasteiger partial charge in [0, 0.05) is 31.0 Å². The number of nitrogens with zero attached hydrogens (tertiary/aromatic N) is 1. The van der Waals surface area contributed by atoms with Crippen molar-refractivity contribution in [3.05, 3.63) is 12.2 Å². The van der Waals surface area contributed by atoms with Gasteiger partial charge in [-0.05, 0) is 97.2 Å². The first-order chi connectivity index (χ1) is 18.8. The van der Waals surface area contributed by atoms with Gasteiger partial charge in [0.1, 0.15) is 5.78 Å². The second kappa shape index (κ2) is 9.66. The van der Waals surface area contributed by atoms with Crippen LogP contribution in [0.1, 0.15) is 92.9 Å². The topological polar surface area (TPSA) is 55.8 Å². The predicted molar refractivity (Wildman–Crippen MR) is 158 cm³/mol. The average Bonchev–Trinajstić information content (AvgIpc) is 2.91. The molecule has 1 aliphatic heterocycles. The molecule has 5 nitrogen and oxygen atoms in total. The van der Waals surface area contributed by atoms with Crippen molar-refractivity contribution < 1.29 is 19.1 Å². The summed E-state index contributed by atoms with van der Waals surface area (Å²) in [6, 6.07) is 0. The fraction of sp³-hybridized carbons (Fsp3) is 0.886. The van der Waals surface area contributed by atoms with Gasteiger partial charge in [-0.3, -0.25) is 14.5 Å². The zero-order valence-electron chi connectivity index (χ0n) is 26.4. The molecular formula is C35H55NO4. The van der Waals surface area contributed by atoms with Crippen molar-refractivity contribution in [3.8, 4) is 0 Å². The molecule has 0 spiro atoms. The molecule has 4 saturated carbocycles. The van der Waals surface area contributed by atoms with Gasteiger partial charge in [0.25, 0.3) is 0 Å². The highest BCUT2D eigenvalue weighted by molar-refractivity contribution is 5.88. The van der Waals surface area contributed by atoms with E-state index in [0.717, 1.165) is 77.8 Å². The van der Waals surface area contributed by atoms with E-state index < -0.39 is 0 Å². The number of ether oxygens (including phenoxy) is 2. The molecule has 0 aromatic rings. The van der Waals surface area contributed by atoms with Crippen LogP contribution in [0.2, 0.25) is 0 Å². The number of hydrogen-bond acceptors (Lipinski definition) is 5. The van der Waals surface area contributed by atoms with Crippen LogP contribution in [0.4, 0.5) is 0 Å². The first-order valence-corrected chi connectivity index (χ1v) is 16.4. The van der Waals surface area contributed by atoms with E-state index in [9.17, 15) is 9.59 Å². The van der Waals surface area contributed by atoms with E-state index in [4.69, 9.17) is 9.47 Å². The van der Waals surface area contributed by atoms with E-state index >= 15 is 0 Å². The second-order valence-corrected chi connectivity index (χ2v) is 16.7. The van der Waals surface area contributed by atoms with Crippen molar-refractivity contribution in [3.63, 3.8) is 0 Å². The maximum absolute atomic E-state index is 14.0. The molecule has 5 heteroatoms. The number of esters is 1. The minimum atomic E-state index is -0.317. The number of rotatable bonds is 3. The lowest BCUT2D eigenvalue weighted by molar-refractivity contribution is -0.191. The van der Waals surface area contributed by atoms with Crippen LogP contribution in [0.5, 0.6) is 0 Å². The summed E-state index contributed by atoms with van der Waals surface area (Å²) in [6.45, 7) is 18.8. The summed E-state index contributed by atoms with van der Waals surface area (Å²) in [6.07, 6.45) is 13.8. The molecule has 5 aliphatic carbocycles. The van der Waals surface area contributed by atoms with Crippen molar-refractivity contribution in [2.24, 2.45) is 62.6 Å². The Hall–Kier alpha value is -1.20. The first-order valence-electron chi connectivity index (χ1n) is 16.4. The minimum absolute atomic E-state index is 0.0429. The van der Waals surface area contributed by atoms with Gasteiger partial charge in [-0.25, -0.2) is 0 Å². The van der Waals surface area contributed by atoms with Crippen LogP contribution in [0.25, 0.3) is 0 Å². The van der Waals surface area contributed by atoms with Gasteiger partial charge in [0.15, 0.2) is 0 Å². The van der Waals surface area contributed by atoms with E-state index in [-0.39, 0.29) is 39.0 Å². The average molecular weight is 554 g/mol. The molecular weight excluding hydrogens is 498 g/mol. The first kappa shape index (κ1) is 28.9. The number of ketones is 1. The highest BCUT2D eigenvalue weighted by Crippen LogP contribution is 2.72. The molecule has 9 atom stereocenters. The lowest BCUT2D eigenvalue weighted by Crippen LogP contribution is -2.64. The molecule has 5 fully saturated rings. The number of allylic oxidation sites excluding steroid dienone is 2. The summed E-state index contributed by atoms with van der Waals surface area (Å²) in [5.41, 5.74) is -0.0433. The van der Waals surface area contributed by atoms with Gasteiger partial charge in [0.05, 0.1) is 25.7 Å². The standard InChI is InChI=1S/C35H55NO4/c1-31(2)14-15-35(30(38)39-7)13-10-25-24(26(35)21-31)8-9-28-33(25,5)12-11-27-32(3,4)29(37)23(20-34(27,28)6)22-36-16-18-40-19-17-36/h8-9,23-28H,10-22H2,1-7H3/t23?,24?,25?,26?,27?,28?,33-,34-,35+/m0/s1. The van der Waals surface area contributed by atoms with E-state index in [1.807, 2.05) is 0 Å². The smallest absolute Gasteiger partial charge is 0.312 e. The molecule has 1 saturated heterocycles. The number of morpholine rings is 1. The van der Waals surface area contributed by atoms with Gasteiger partial charge in [-0.15, -0.1) is 0 Å². The number of carbonyl (C=O) groups is 2. The SMILES string of the molecule is COC(=O)[C@@]12CCC3C(C=CC4[C@@]3(C)CCC3C(C)(C)C(=O)C(CN5CCOCC5)C[C@@]34C)C1CC(C)(C)CC2. The van der Waals surface area contributed by atoms with Crippen molar-refractivity contribution in [2.75, 3.05) is 40.0 Å². The van der Waals surface area contributed by atoms with Crippen LogP contribution in [0, 0.1) is 62.6 Å². The summed E-state index contributed by atoms with van der Waals surface area (Å²) < 4.78 is 11.1. The van der Waals surface area contributed by atoms with Gasteiger partial charge in [0.2, 0.25) is 0 Å². The van der Waals surface area contributed by atoms with Crippen LogP contribution >= 0.6 is 0 Å². The zero-order chi connectivity index (χ0) is 28.7. The molecule has 0 N–H and O–H groups in total. The number of methoxy groups -OCH3 is 1. The van der Waals surface area contributed by atoms with Crippen molar-refractivity contribution in [2.45, 2.75) is 92.9 Å². The lowest BCUT2D eigenvalue weighted by Gasteiger charge is -2.68. The Labute approximate surface area is 243 Å². The maximum atomic E-state index is 14.0. The van der Waals surface area contributed by atoms with E-state index in [1.54, 1.807) is 7.11 Å². The Morgan fingerprint density at radius 1 is 0.925 bits per heavy atom.